The van der Waals surface area contributed by atoms with Crippen LogP contribution in [-0.4, -0.2) is 59.5 Å². The minimum absolute atomic E-state index is 0.121. The number of carbonyl (C=O) groups excluding carboxylic acids is 3. The molecule has 0 saturated heterocycles. The number of carbonyl (C=O) groups is 3. The van der Waals surface area contributed by atoms with Crippen LogP contribution in [0.5, 0.6) is 0 Å². The van der Waals surface area contributed by atoms with Gasteiger partial charge in [0.2, 0.25) is 13.3 Å². The number of nitrogens with one attached hydrogen (secondary N) is 2. The molecule has 3 rings (SSSR count). The molecule has 1 saturated carbocycles. The van der Waals surface area contributed by atoms with Crippen LogP contribution >= 0.6 is 7.37 Å². The van der Waals surface area contributed by atoms with Gasteiger partial charge in [-0.1, -0.05) is 89.3 Å². The zero-order valence-corrected chi connectivity index (χ0v) is 27.0. The van der Waals surface area contributed by atoms with Gasteiger partial charge in [0.05, 0.1) is 6.04 Å². The van der Waals surface area contributed by atoms with Gasteiger partial charge in [0.25, 0.3) is 11.8 Å². The summed E-state index contributed by atoms with van der Waals surface area (Å²) in [6.07, 6.45) is 8.46. The summed E-state index contributed by atoms with van der Waals surface area (Å²) < 4.78 is 13.5. The molecule has 0 bridgehead atoms. The molecule has 1 fully saturated rings. The van der Waals surface area contributed by atoms with E-state index in [0.717, 1.165) is 19.3 Å². The van der Waals surface area contributed by atoms with Crippen molar-refractivity contribution >= 4 is 25.1 Å². The van der Waals surface area contributed by atoms with Gasteiger partial charge in [-0.05, 0) is 48.9 Å². The third kappa shape index (κ3) is 11.2. The van der Waals surface area contributed by atoms with E-state index in [1.165, 1.54) is 32.1 Å². The number of nitrogens with zero attached hydrogens (tertiary/aromatic N) is 1. The highest BCUT2D eigenvalue weighted by molar-refractivity contribution is 7.58. The predicted octanol–water partition coefficient (Wildman–Crippen LogP) is 6.41. The van der Waals surface area contributed by atoms with Gasteiger partial charge in [-0.2, -0.15) is 0 Å². The summed E-state index contributed by atoms with van der Waals surface area (Å²) in [6, 6.07) is 14.9. The lowest BCUT2D eigenvalue weighted by molar-refractivity contribution is -0.123. The first kappa shape index (κ1) is 34.5. The lowest BCUT2D eigenvalue weighted by Gasteiger charge is -2.25. The van der Waals surface area contributed by atoms with E-state index >= 15 is 0 Å². The van der Waals surface area contributed by atoms with Crippen LogP contribution in [0.15, 0.2) is 54.6 Å². The lowest BCUT2D eigenvalue weighted by Crippen LogP contribution is -2.34. The van der Waals surface area contributed by atoms with Crippen molar-refractivity contribution in [1.82, 2.24) is 15.5 Å². The molecule has 3 amide bonds. The Kier molecular flexibility index (Phi) is 13.9. The summed E-state index contributed by atoms with van der Waals surface area (Å²) >= 11 is 0. The first-order valence-electron chi connectivity index (χ1n) is 16.0. The largest absolute Gasteiger partial charge is 0.356 e. The molecule has 0 radical (unpaired) electrons. The molecule has 236 valence electrons. The average Bonchev–Trinajstić information content (AvgIpc) is 3.01. The van der Waals surface area contributed by atoms with Crippen LogP contribution < -0.4 is 10.6 Å². The van der Waals surface area contributed by atoms with Gasteiger partial charge >= 0.3 is 0 Å². The normalized spacial score (nSPS) is 16.5. The van der Waals surface area contributed by atoms with E-state index in [4.69, 9.17) is 0 Å². The summed E-state index contributed by atoms with van der Waals surface area (Å²) in [7, 11) is -3.82. The Balaban J connectivity index is 1.66. The standard InChI is InChI=1S/C34H50N3O5P/c1-4-21-37(22-5-2)34(40)30-18-12-17-29(23-30)33(39)36-31(28-15-10-7-11-16-28)25-43(41,42)24-26(3)32(38)35-20-19-27-13-8-6-9-14-27/h7,10-12,15-18,23,26-27,31H,4-6,8-9,13-14,19-22,24-25H2,1-3H3,(H,35,38)(H,36,39)(H,41,42)/t26?,31-/m1/s1. The molecular formula is C34H50N3O5P. The Hall–Kier alpha value is -2.96. The minimum Gasteiger partial charge on any atom is -0.356 e. The average molecular weight is 612 g/mol. The molecule has 3 atom stereocenters. The van der Waals surface area contributed by atoms with Crippen molar-refractivity contribution in [2.75, 3.05) is 32.0 Å². The van der Waals surface area contributed by atoms with Crippen molar-refractivity contribution in [2.45, 2.75) is 78.2 Å². The quantitative estimate of drug-likeness (QED) is 0.190. The van der Waals surface area contributed by atoms with Gasteiger partial charge in [0, 0.05) is 49.0 Å². The van der Waals surface area contributed by atoms with Gasteiger partial charge < -0.3 is 20.4 Å². The monoisotopic (exact) mass is 611 g/mol. The van der Waals surface area contributed by atoms with Gasteiger partial charge in [-0.3, -0.25) is 18.9 Å². The second kappa shape index (κ2) is 17.4. The van der Waals surface area contributed by atoms with E-state index < -0.39 is 25.2 Å². The molecule has 3 N–H and O–H groups in total. The van der Waals surface area contributed by atoms with Crippen molar-refractivity contribution in [3.8, 4) is 0 Å². The number of hydrogen-bond acceptors (Lipinski definition) is 4. The molecule has 0 aliphatic heterocycles. The zero-order chi connectivity index (χ0) is 31.2. The van der Waals surface area contributed by atoms with E-state index in [2.05, 4.69) is 10.6 Å². The molecule has 1 aliphatic carbocycles. The second-order valence-corrected chi connectivity index (χ2v) is 14.4. The van der Waals surface area contributed by atoms with Crippen LogP contribution in [0, 0.1) is 11.8 Å². The molecule has 0 spiro atoms. The van der Waals surface area contributed by atoms with Crippen LogP contribution in [0.25, 0.3) is 0 Å². The summed E-state index contributed by atoms with van der Waals surface area (Å²) in [5.74, 6) is -0.759. The maximum Gasteiger partial charge on any atom is 0.253 e. The Bertz CT molecular complexity index is 1230. The third-order valence-corrected chi connectivity index (χ3v) is 10.3. The zero-order valence-electron chi connectivity index (χ0n) is 26.1. The van der Waals surface area contributed by atoms with Gasteiger partial charge in [0.1, 0.15) is 0 Å². The van der Waals surface area contributed by atoms with E-state index in [1.54, 1.807) is 48.2 Å². The van der Waals surface area contributed by atoms with Crippen LogP contribution in [0.1, 0.15) is 104 Å². The molecule has 2 aromatic carbocycles. The molecular weight excluding hydrogens is 561 g/mol. The first-order valence-corrected chi connectivity index (χ1v) is 18.0. The van der Waals surface area contributed by atoms with Gasteiger partial charge in [-0.15, -0.1) is 0 Å². The second-order valence-electron chi connectivity index (χ2n) is 12.0. The van der Waals surface area contributed by atoms with E-state index in [-0.39, 0.29) is 24.1 Å². The number of amides is 3. The Morgan fingerprint density at radius 1 is 0.930 bits per heavy atom. The van der Waals surface area contributed by atoms with Gasteiger partial charge in [0.15, 0.2) is 0 Å². The van der Waals surface area contributed by atoms with Crippen molar-refractivity contribution in [3.63, 3.8) is 0 Å². The molecule has 2 aromatic rings. The molecule has 0 aromatic heterocycles. The van der Waals surface area contributed by atoms with Crippen molar-refractivity contribution < 1.29 is 23.8 Å². The van der Waals surface area contributed by atoms with E-state index in [0.29, 0.717) is 42.2 Å². The molecule has 1 aliphatic rings. The Labute approximate surface area is 257 Å². The van der Waals surface area contributed by atoms with Crippen molar-refractivity contribution in [2.24, 2.45) is 11.8 Å². The summed E-state index contributed by atoms with van der Waals surface area (Å²) in [4.78, 5) is 52.1. The van der Waals surface area contributed by atoms with Gasteiger partial charge in [-0.25, -0.2) is 0 Å². The fraction of sp³-hybridized carbons (Fsp3) is 0.559. The van der Waals surface area contributed by atoms with E-state index in [1.807, 2.05) is 32.0 Å². The predicted molar refractivity (Wildman–Crippen MR) is 173 cm³/mol. The molecule has 0 heterocycles. The first-order chi connectivity index (χ1) is 20.6. The fourth-order valence-corrected chi connectivity index (χ4v) is 7.96. The fourth-order valence-electron chi connectivity index (χ4n) is 5.91. The number of hydrogen-bond donors (Lipinski definition) is 3. The maximum absolute atomic E-state index is 13.5. The molecule has 2 unspecified atom stereocenters. The van der Waals surface area contributed by atoms with Crippen molar-refractivity contribution in [1.29, 1.82) is 0 Å². The highest BCUT2D eigenvalue weighted by atomic mass is 31.2. The molecule has 9 heteroatoms. The topological polar surface area (TPSA) is 116 Å². The van der Waals surface area contributed by atoms with Crippen LogP contribution in [0.4, 0.5) is 0 Å². The molecule has 8 nitrogen and oxygen atoms in total. The summed E-state index contributed by atoms with van der Waals surface area (Å²) in [6.45, 7) is 7.59. The van der Waals surface area contributed by atoms with Crippen LogP contribution in [0.2, 0.25) is 0 Å². The molecule has 43 heavy (non-hydrogen) atoms. The third-order valence-electron chi connectivity index (χ3n) is 8.20. The highest BCUT2D eigenvalue weighted by Crippen LogP contribution is 2.46. The SMILES string of the molecule is CCCN(CCC)C(=O)c1cccc(C(=O)N[C@H](CP(=O)(O)CC(C)C(=O)NCCC2CCCCC2)c2ccccc2)c1. The van der Waals surface area contributed by atoms with Crippen LogP contribution in [-0.2, 0) is 9.36 Å². The summed E-state index contributed by atoms with van der Waals surface area (Å²) in [5.41, 5.74) is 1.43. The lowest BCUT2D eigenvalue weighted by atomic mass is 9.87. The number of rotatable bonds is 16. The van der Waals surface area contributed by atoms with Crippen molar-refractivity contribution in [3.05, 3.63) is 71.3 Å². The smallest absolute Gasteiger partial charge is 0.253 e. The van der Waals surface area contributed by atoms with E-state index in [9.17, 15) is 23.8 Å². The van der Waals surface area contributed by atoms with Crippen LogP contribution in [0.3, 0.4) is 0 Å². The Morgan fingerprint density at radius 3 is 2.23 bits per heavy atom. The highest BCUT2D eigenvalue weighted by Gasteiger charge is 2.31. The number of benzene rings is 2. The summed E-state index contributed by atoms with van der Waals surface area (Å²) in [5, 5.41) is 5.89. The Morgan fingerprint density at radius 2 is 1.58 bits per heavy atom. The minimum atomic E-state index is -3.82. The maximum atomic E-state index is 13.5.